The number of Topliss-reactive ketones (excluding diaryl/α,β-unsaturated/α-hetero) is 1. The first-order valence-electron chi connectivity index (χ1n) is 7.33. The first-order valence-corrected chi connectivity index (χ1v) is 7.33. The maximum atomic E-state index is 12.3. The van der Waals surface area contributed by atoms with Gasteiger partial charge >= 0.3 is 0 Å². The summed E-state index contributed by atoms with van der Waals surface area (Å²) in [5, 5.41) is 0. The summed E-state index contributed by atoms with van der Waals surface area (Å²) in [5.74, 6) is 0.331. The third-order valence-electron chi connectivity index (χ3n) is 4.36. The lowest BCUT2D eigenvalue weighted by Gasteiger charge is -2.31. The molecule has 2 heterocycles. The van der Waals surface area contributed by atoms with E-state index in [0.717, 1.165) is 43.9 Å². The zero-order chi connectivity index (χ0) is 14.3. The van der Waals surface area contributed by atoms with Crippen LogP contribution in [0.5, 0.6) is 0 Å². The molecular weight excluding hydrogens is 254 g/mol. The number of rotatable bonds is 1. The summed E-state index contributed by atoms with van der Waals surface area (Å²) in [6.45, 7) is 5.64. The number of aromatic amines is 1. The Morgan fingerprint density at radius 1 is 1.20 bits per heavy atom. The Labute approximate surface area is 118 Å². The van der Waals surface area contributed by atoms with E-state index in [1.54, 1.807) is 6.07 Å². The maximum Gasteiger partial charge on any atom is 0.192 e. The van der Waals surface area contributed by atoms with Crippen molar-refractivity contribution in [3.05, 3.63) is 33.2 Å². The van der Waals surface area contributed by atoms with E-state index >= 15 is 0 Å². The van der Waals surface area contributed by atoms with Gasteiger partial charge < -0.3 is 9.72 Å². The molecule has 0 bridgehead atoms. The molecule has 0 unspecified atom stereocenters. The molecule has 1 aromatic heterocycles. The molecule has 1 fully saturated rings. The molecule has 0 radical (unpaired) electrons. The molecule has 108 valence electrons. The minimum atomic E-state index is -0.110. The predicted molar refractivity (Wildman–Crippen MR) is 76.3 cm³/mol. The van der Waals surface area contributed by atoms with E-state index in [4.69, 9.17) is 4.74 Å². The second-order valence-electron chi connectivity index (χ2n) is 6.77. The largest absolute Gasteiger partial charge is 0.381 e. The van der Waals surface area contributed by atoms with Gasteiger partial charge in [0.1, 0.15) is 0 Å². The Balaban J connectivity index is 2.02. The minimum Gasteiger partial charge on any atom is -0.381 e. The van der Waals surface area contributed by atoms with Crippen molar-refractivity contribution in [1.29, 1.82) is 0 Å². The standard InChI is InChI=1S/C16H21NO3/c1-16(2)8-12-15(14(19)9-16)13(18)7-11(17-12)10-3-5-20-6-4-10/h7,10H,3-6,8-9H2,1-2H3,(H,17,18). The molecule has 1 aromatic rings. The minimum absolute atomic E-state index is 0.0176. The Bertz CT molecular complexity index is 594. The molecule has 0 amide bonds. The van der Waals surface area contributed by atoms with Crippen LogP contribution in [0.25, 0.3) is 0 Å². The van der Waals surface area contributed by atoms with Gasteiger partial charge in [-0.25, -0.2) is 0 Å². The van der Waals surface area contributed by atoms with Crippen LogP contribution in [-0.2, 0) is 11.2 Å². The number of fused-ring (bicyclic) bond motifs is 1. The normalized spacial score (nSPS) is 22.6. The summed E-state index contributed by atoms with van der Waals surface area (Å²) in [7, 11) is 0. The highest BCUT2D eigenvalue weighted by molar-refractivity contribution is 5.98. The van der Waals surface area contributed by atoms with Crippen LogP contribution in [0.15, 0.2) is 10.9 Å². The molecular formula is C16H21NO3. The molecule has 1 N–H and O–H groups in total. The van der Waals surface area contributed by atoms with E-state index in [2.05, 4.69) is 18.8 Å². The molecule has 4 nitrogen and oxygen atoms in total. The van der Waals surface area contributed by atoms with Gasteiger partial charge in [0.25, 0.3) is 0 Å². The van der Waals surface area contributed by atoms with Crippen LogP contribution in [0.1, 0.15) is 60.8 Å². The molecule has 4 heteroatoms. The molecule has 1 aliphatic carbocycles. The van der Waals surface area contributed by atoms with Gasteiger partial charge in [0, 0.05) is 43.0 Å². The summed E-state index contributed by atoms with van der Waals surface area (Å²) in [4.78, 5) is 27.8. The first kappa shape index (κ1) is 13.6. The van der Waals surface area contributed by atoms with Crippen molar-refractivity contribution in [2.75, 3.05) is 13.2 Å². The van der Waals surface area contributed by atoms with Gasteiger partial charge in [-0.2, -0.15) is 0 Å². The molecule has 20 heavy (non-hydrogen) atoms. The van der Waals surface area contributed by atoms with E-state index in [1.165, 1.54) is 0 Å². The SMILES string of the molecule is CC1(C)CC(=O)c2c([nH]c(C3CCOCC3)cc2=O)C1. The fraction of sp³-hybridized carbons (Fsp3) is 0.625. The van der Waals surface area contributed by atoms with Crippen molar-refractivity contribution >= 4 is 5.78 Å². The molecule has 0 atom stereocenters. The fourth-order valence-electron chi connectivity index (χ4n) is 3.37. The molecule has 0 aromatic carbocycles. The molecule has 0 spiro atoms. The number of carbonyl (C=O) groups excluding carboxylic acids is 1. The summed E-state index contributed by atoms with van der Waals surface area (Å²) >= 11 is 0. The monoisotopic (exact) mass is 275 g/mol. The number of pyridine rings is 1. The van der Waals surface area contributed by atoms with Gasteiger partial charge in [-0.3, -0.25) is 9.59 Å². The van der Waals surface area contributed by atoms with Crippen molar-refractivity contribution < 1.29 is 9.53 Å². The molecule has 3 rings (SSSR count). The lowest BCUT2D eigenvalue weighted by atomic mass is 9.75. The molecule has 2 aliphatic rings. The number of nitrogens with one attached hydrogen (secondary N) is 1. The van der Waals surface area contributed by atoms with Crippen LogP contribution in [0, 0.1) is 5.41 Å². The van der Waals surface area contributed by atoms with E-state index in [-0.39, 0.29) is 16.6 Å². The summed E-state index contributed by atoms with van der Waals surface area (Å²) in [5.41, 5.74) is 2.02. The van der Waals surface area contributed by atoms with Crippen LogP contribution in [0.4, 0.5) is 0 Å². The van der Waals surface area contributed by atoms with E-state index < -0.39 is 0 Å². The third kappa shape index (κ3) is 2.44. The van der Waals surface area contributed by atoms with Gasteiger partial charge in [0.05, 0.1) is 5.56 Å². The van der Waals surface area contributed by atoms with Crippen molar-refractivity contribution in [2.45, 2.75) is 45.4 Å². The van der Waals surface area contributed by atoms with Gasteiger partial charge in [0.15, 0.2) is 11.2 Å². The van der Waals surface area contributed by atoms with Crippen molar-refractivity contribution in [1.82, 2.24) is 4.98 Å². The van der Waals surface area contributed by atoms with Gasteiger partial charge in [-0.1, -0.05) is 13.8 Å². The number of carbonyl (C=O) groups is 1. The van der Waals surface area contributed by atoms with Crippen LogP contribution >= 0.6 is 0 Å². The number of hydrogen-bond donors (Lipinski definition) is 1. The average Bonchev–Trinajstić information content (AvgIpc) is 2.37. The molecule has 1 aliphatic heterocycles. The van der Waals surface area contributed by atoms with E-state index in [1.807, 2.05) is 0 Å². The van der Waals surface area contributed by atoms with Gasteiger partial charge in [0.2, 0.25) is 0 Å². The van der Waals surface area contributed by atoms with Crippen LogP contribution < -0.4 is 5.43 Å². The third-order valence-corrected chi connectivity index (χ3v) is 4.36. The number of aromatic nitrogens is 1. The second kappa shape index (κ2) is 4.85. The predicted octanol–water partition coefficient (Wildman–Crippen LogP) is 2.42. The van der Waals surface area contributed by atoms with E-state index in [9.17, 15) is 9.59 Å². The highest BCUT2D eigenvalue weighted by Gasteiger charge is 2.33. The first-order chi connectivity index (χ1) is 9.46. The number of ether oxygens (including phenoxy) is 1. The smallest absolute Gasteiger partial charge is 0.192 e. The number of ketones is 1. The van der Waals surface area contributed by atoms with Crippen molar-refractivity contribution in [3.63, 3.8) is 0 Å². The Kier molecular flexibility index (Phi) is 3.28. The lowest BCUT2D eigenvalue weighted by Crippen LogP contribution is -2.33. The quantitative estimate of drug-likeness (QED) is 0.856. The van der Waals surface area contributed by atoms with Crippen LogP contribution in [0.2, 0.25) is 0 Å². The number of H-pyrrole nitrogens is 1. The Morgan fingerprint density at radius 2 is 1.90 bits per heavy atom. The Hall–Kier alpha value is -1.42. The Morgan fingerprint density at radius 3 is 2.60 bits per heavy atom. The van der Waals surface area contributed by atoms with Crippen LogP contribution in [-0.4, -0.2) is 24.0 Å². The van der Waals surface area contributed by atoms with E-state index in [0.29, 0.717) is 17.9 Å². The average molecular weight is 275 g/mol. The zero-order valence-electron chi connectivity index (χ0n) is 12.1. The second-order valence-corrected chi connectivity index (χ2v) is 6.77. The van der Waals surface area contributed by atoms with Crippen molar-refractivity contribution in [3.8, 4) is 0 Å². The maximum absolute atomic E-state index is 12.3. The summed E-state index contributed by atoms with van der Waals surface area (Å²) in [6, 6.07) is 1.63. The summed E-state index contributed by atoms with van der Waals surface area (Å²) < 4.78 is 5.37. The number of hydrogen-bond acceptors (Lipinski definition) is 3. The highest BCUT2D eigenvalue weighted by Crippen LogP contribution is 2.34. The van der Waals surface area contributed by atoms with Crippen LogP contribution in [0.3, 0.4) is 0 Å². The van der Waals surface area contributed by atoms with Gasteiger partial charge in [-0.15, -0.1) is 0 Å². The molecule has 0 saturated carbocycles. The zero-order valence-corrected chi connectivity index (χ0v) is 12.1. The van der Waals surface area contributed by atoms with Crippen molar-refractivity contribution in [2.24, 2.45) is 5.41 Å². The molecule has 1 saturated heterocycles. The highest BCUT2D eigenvalue weighted by atomic mass is 16.5. The van der Waals surface area contributed by atoms with Gasteiger partial charge in [-0.05, 0) is 24.7 Å². The summed E-state index contributed by atoms with van der Waals surface area (Å²) in [6.07, 6.45) is 3.10. The topological polar surface area (TPSA) is 59.2 Å². The lowest BCUT2D eigenvalue weighted by molar-refractivity contribution is 0.0840. The fourth-order valence-corrected chi connectivity index (χ4v) is 3.37.